The maximum absolute atomic E-state index is 4.65. The van der Waals surface area contributed by atoms with Gasteiger partial charge in [0.2, 0.25) is 0 Å². The maximum Gasteiger partial charge on any atom is 0.0727 e. The number of rotatable bonds is 7. The van der Waals surface area contributed by atoms with Crippen LogP contribution < -0.4 is 5.32 Å². The van der Waals surface area contributed by atoms with E-state index in [9.17, 15) is 0 Å². The van der Waals surface area contributed by atoms with Gasteiger partial charge in [0.1, 0.15) is 0 Å². The zero-order valence-electron chi connectivity index (χ0n) is 14.4. The van der Waals surface area contributed by atoms with Crippen molar-refractivity contribution in [2.45, 2.75) is 39.3 Å². The molecule has 2 aromatic heterocycles. The lowest BCUT2D eigenvalue weighted by Gasteiger charge is -2.18. The molecule has 2 aromatic rings. The van der Waals surface area contributed by atoms with Gasteiger partial charge in [-0.05, 0) is 43.2 Å². The van der Waals surface area contributed by atoms with Gasteiger partial charge in [-0.15, -0.1) is 11.3 Å². The molecule has 1 aliphatic rings. The van der Waals surface area contributed by atoms with Crippen LogP contribution in [0, 0.1) is 5.92 Å². The van der Waals surface area contributed by atoms with Gasteiger partial charge in [-0.25, -0.2) is 0 Å². The van der Waals surface area contributed by atoms with Crippen LogP contribution in [0.15, 0.2) is 47.6 Å². The maximum atomic E-state index is 4.65. The van der Waals surface area contributed by atoms with Crippen molar-refractivity contribution in [1.82, 2.24) is 10.3 Å². The molecule has 3 nitrogen and oxygen atoms in total. The highest BCUT2D eigenvalue weighted by Gasteiger charge is 2.17. The molecule has 0 aliphatic carbocycles. The zero-order valence-corrected chi connectivity index (χ0v) is 15.2. The van der Waals surface area contributed by atoms with Gasteiger partial charge < -0.3 is 5.32 Å². The SMILES string of the molecule is CCC1C=NC(C)C(c2ccc(CNCCc3ccccn3)s2)=C1. The molecule has 0 amide bonds. The molecule has 1 N–H and O–H groups in total. The summed E-state index contributed by atoms with van der Waals surface area (Å²) < 4.78 is 0. The Morgan fingerprint density at radius 1 is 1.21 bits per heavy atom. The number of pyridine rings is 1. The fourth-order valence-corrected chi connectivity index (χ4v) is 3.93. The molecule has 0 radical (unpaired) electrons. The smallest absolute Gasteiger partial charge is 0.0727 e. The average molecular weight is 340 g/mol. The van der Waals surface area contributed by atoms with Gasteiger partial charge in [-0.2, -0.15) is 0 Å². The molecule has 2 atom stereocenters. The van der Waals surface area contributed by atoms with Gasteiger partial charge >= 0.3 is 0 Å². The van der Waals surface area contributed by atoms with Gasteiger partial charge in [0, 0.05) is 53.3 Å². The molecule has 0 fully saturated rings. The minimum Gasteiger partial charge on any atom is -0.311 e. The summed E-state index contributed by atoms with van der Waals surface area (Å²) in [7, 11) is 0. The Bertz CT molecular complexity index is 703. The number of hydrogen-bond acceptors (Lipinski definition) is 4. The molecule has 0 bridgehead atoms. The summed E-state index contributed by atoms with van der Waals surface area (Å²) in [6.07, 6.45) is 8.43. The first-order valence-corrected chi connectivity index (χ1v) is 9.52. The van der Waals surface area contributed by atoms with E-state index in [0.29, 0.717) is 5.92 Å². The predicted molar refractivity (Wildman–Crippen MR) is 104 cm³/mol. The lowest BCUT2D eigenvalue weighted by atomic mass is 9.96. The van der Waals surface area contributed by atoms with Crippen molar-refractivity contribution in [3.05, 3.63) is 58.1 Å². The molecule has 24 heavy (non-hydrogen) atoms. The van der Waals surface area contributed by atoms with Crippen LogP contribution >= 0.6 is 11.3 Å². The van der Waals surface area contributed by atoms with Crippen LogP contribution in [0.2, 0.25) is 0 Å². The van der Waals surface area contributed by atoms with Gasteiger partial charge in [-0.1, -0.05) is 19.1 Å². The first-order valence-electron chi connectivity index (χ1n) is 8.71. The monoisotopic (exact) mass is 339 g/mol. The molecule has 0 aromatic carbocycles. The van der Waals surface area contributed by atoms with Crippen LogP contribution in [0.25, 0.3) is 5.57 Å². The van der Waals surface area contributed by atoms with E-state index < -0.39 is 0 Å². The lowest BCUT2D eigenvalue weighted by molar-refractivity contribution is 0.686. The fraction of sp³-hybridized carbons (Fsp3) is 0.400. The van der Waals surface area contributed by atoms with E-state index in [2.05, 4.69) is 59.6 Å². The van der Waals surface area contributed by atoms with Gasteiger partial charge in [0.15, 0.2) is 0 Å². The van der Waals surface area contributed by atoms with Crippen LogP contribution in [0.4, 0.5) is 0 Å². The summed E-state index contributed by atoms with van der Waals surface area (Å²) >= 11 is 1.88. The van der Waals surface area contributed by atoms with Crippen molar-refractivity contribution in [2.75, 3.05) is 6.54 Å². The average Bonchev–Trinajstić information content (AvgIpc) is 3.09. The first-order chi connectivity index (χ1) is 11.8. The number of nitrogens with one attached hydrogen (secondary N) is 1. The zero-order chi connectivity index (χ0) is 16.8. The summed E-state index contributed by atoms with van der Waals surface area (Å²) in [5, 5.41) is 3.52. The molecule has 4 heteroatoms. The van der Waals surface area contributed by atoms with Crippen LogP contribution in [-0.4, -0.2) is 23.8 Å². The number of allylic oxidation sites excluding steroid dienone is 1. The van der Waals surface area contributed by atoms with E-state index >= 15 is 0 Å². The summed E-state index contributed by atoms with van der Waals surface area (Å²) in [6, 6.07) is 10.8. The summed E-state index contributed by atoms with van der Waals surface area (Å²) in [5.74, 6) is 0.484. The molecule has 0 saturated carbocycles. The molecule has 126 valence electrons. The molecule has 1 aliphatic heterocycles. The first kappa shape index (κ1) is 17.1. The van der Waals surface area contributed by atoms with Gasteiger partial charge in [-0.3, -0.25) is 9.98 Å². The van der Waals surface area contributed by atoms with Crippen molar-refractivity contribution in [3.8, 4) is 0 Å². The molecule has 0 spiro atoms. The Morgan fingerprint density at radius 3 is 2.92 bits per heavy atom. The van der Waals surface area contributed by atoms with E-state index in [1.807, 2.05) is 29.7 Å². The molecular formula is C20H25N3S. The lowest BCUT2D eigenvalue weighted by Crippen LogP contribution is -2.16. The van der Waals surface area contributed by atoms with Crippen molar-refractivity contribution in [2.24, 2.45) is 10.9 Å². The van der Waals surface area contributed by atoms with E-state index in [1.165, 1.54) is 15.3 Å². The van der Waals surface area contributed by atoms with E-state index in [1.54, 1.807) is 0 Å². The second-order valence-corrected chi connectivity index (χ2v) is 7.35. The third-order valence-corrected chi connectivity index (χ3v) is 5.48. The number of aliphatic imine (C=N–C) groups is 1. The highest BCUT2D eigenvalue weighted by atomic mass is 32.1. The Kier molecular flexibility index (Phi) is 5.94. The normalized spacial score (nSPS) is 20.2. The van der Waals surface area contributed by atoms with Gasteiger partial charge in [0.25, 0.3) is 0 Å². The largest absolute Gasteiger partial charge is 0.311 e. The molecule has 3 rings (SSSR count). The minimum absolute atomic E-state index is 0.274. The number of dihydropyridines is 1. The standard InChI is InChI=1S/C20H25N3S/c1-3-16-12-19(15(2)23-13-16)20-8-7-18(24-20)14-21-11-9-17-6-4-5-10-22-17/h4-8,10,12-13,15-16,21H,3,9,11,14H2,1-2H3. The Hall–Kier alpha value is -1.78. The quantitative estimate of drug-likeness (QED) is 0.761. The van der Waals surface area contributed by atoms with Gasteiger partial charge in [0.05, 0.1) is 6.04 Å². The van der Waals surface area contributed by atoms with Crippen molar-refractivity contribution < 1.29 is 0 Å². The fourth-order valence-electron chi connectivity index (χ4n) is 2.85. The van der Waals surface area contributed by atoms with Crippen LogP contribution in [0.5, 0.6) is 0 Å². The molecule has 0 saturated heterocycles. The molecule has 2 unspecified atom stereocenters. The predicted octanol–water partition coefficient (Wildman–Crippen LogP) is 4.36. The summed E-state index contributed by atoms with van der Waals surface area (Å²) in [5.41, 5.74) is 2.52. The minimum atomic E-state index is 0.274. The summed E-state index contributed by atoms with van der Waals surface area (Å²) in [6.45, 7) is 6.26. The van der Waals surface area contributed by atoms with Crippen molar-refractivity contribution in [1.29, 1.82) is 0 Å². The second kappa shape index (κ2) is 8.36. The number of aromatic nitrogens is 1. The van der Waals surface area contributed by atoms with E-state index in [0.717, 1.165) is 31.6 Å². The van der Waals surface area contributed by atoms with Crippen LogP contribution in [0.1, 0.15) is 35.7 Å². The highest BCUT2D eigenvalue weighted by molar-refractivity contribution is 7.13. The third-order valence-electron chi connectivity index (χ3n) is 4.35. The van der Waals surface area contributed by atoms with E-state index in [-0.39, 0.29) is 6.04 Å². The summed E-state index contributed by atoms with van der Waals surface area (Å²) in [4.78, 5) is 11.7. The van der Waals surface area contributed by atoms with Crippen molar-refractivity contribution in [3.63, 3.8) is 0 Å². The number of nitrogens with zero attached hydrogens (tertiary/aromatic N) is 2. The van der Waals surface area contributed by atoms with Crippen LogP contribution in [-0.2, 0) is 13.0 Å². The molecular weight excluding hydrogens is 314 g/mol. The Balaban J connectivity index is 1.53. The topological polar surface area (TPSA) is 37.3 Å². The van der Waals surface area contributed by atoms with Crippen molar-refractivity contribution >= 4 is 23.1 Å². The number of hydrogen-bond donors (Lipinski definition) is 1. The Morgan fingerprint density at radius 2 is 2.12 bits per heavy atom. The number of thiophene rings is 1. The highest BCUT2D eigenvalue weighted by Crippen LogP contribution is 2.31. The molecule has 3 heterocycles. The third kappa shape index (κ3) is 4.40. The van der Waals surface area contributed by atoms with E-state index in [4.69, 9.17) is 0 Å². The van der Waals surface area contributed by atoms with Crippen LogP contribution in [0.3, 0.4) is 0 Å². The Labute approximate surface area is 148 Å². The second-order valence-electron chi connectivity index (χ2n) is 6.18.